The first-order valence-electron chi connectivity index (χ1n) is 7.07. The lowest BCUT2D eigenvalue weighted by atomic mass is 10.1. The molecule has 0 spiro atoms. The highest BCUT2D eigenvalue weighted by atomic mass is 32.2. The maximum atomic E-state index is 12.4. The topological polar surface area (TPSA) is 74.8 Å². The third kappa shape index (κ3) is 3.27. The Kier molecular flexibility index (Phi) is 4.43. The minimum absolute atomic E-state index is 0.223. The van der Waals surface area contributed by atoms with E-state index in [-0.39, 0.29) is 17.2 Å². The first-order valence-corrected chi connectivity index (χ1v) is 8.30. The molecule has 23 heavy (non-hydrogen) atoms. The monoisotopic (exact) mass is 325 g/mol. The molecule has 0 aliphatic heterocycles. The van der Waals surface area contributed by atoms with Gasteiger partial charge in [0.1, 0.15) is 0 Å². The molecule has 0 atom stereocenters. The summed E-state index contributed by atoms with van der Waals surface area (Å²) in [4.78, 5) is 25.3. The molecule has 116 valence electrons. The Bertz CT molecular complexity index is 904. The molecule has 0 saturated carbocycles. The summed E-state index contributed by atoms with van der Waals surface area (Å²) in [6.07, 6.45) is 2.02. The minimum Gasteiger partial charge on any atom is -0.347 e. The van der Waals surface area contributed by atoms with Gasteiger partial charge in [-0.05, 0) is 30.0 Å². The Morgan fingerprint density at radius 1 is 1.13 bits per heavy atom. The van der Waals surface area contributed by atoms with Gasteiger partial charge in [-0.1, -0.05) is 30.3 Å². The van der Waals surface area contributed by atoms with Crippen molar-refractivity contribution < 1.29 is 4.79 Å². The summed E-state index contributed by atoms with van der Waals surface area (Å²) in [6.45, 7) is 0.405. The van der Waals surface area contributed by atoms with Crippen LogP contribution >= 0.6 is 11.8 Å². The molecule has 0 aliphatic rings. The number of nitrogens with one attached hydrogen (secondary N) is 2. The molecule has 1 amide bonds. The molecule has 1 heterocycles. The van der Waals surface area contributed by atoms with Crippen LogP contribution in [0.2, 0.25) is 0 Å². The average Bonchev–Trinajstić information content (AvgIpc) is 2.60. The fourth-order valence-electron chi connectivity index (χ4n) is 2.30. The van der Waals surface area contributed by atoms with Crippen molar-refractivity contribution in [3.63, 3.8) is 0 Å². The Morgan fingerprint density at radius 2 is 1.83 bits per heavy atom. The van der Waals surface area contributed by atoms with Crippen molar-refractivity contribution in [1.82, 2.24) is 15.5 Å². The van der Waals surface area contributed by atoms with E-state index in [2.05, 4.69) is 15.5 Å². The highest BCUT2D eigenvalue weighted by Crippen LogP contribution is 2.15. The van der Waals surface area contributed by atoms with E-state index in [0.29, 0.717) is 17.3 Å². The lowest BCUT2D eigenvalue weighted by Gasteiger charge is -2.07. The van der Waals surface area contributed by atoms with Crippen molar-refractivity contribution >= 4 is 28.4 Å². The third-order valence-corrected chi connectivity index (χ3v) is 4.27. The highest BCUT2D eigenvalue weighted by Gasteiger charge is 2.13. The SMILES string of the molecule is CSc1ccc(CNC(=O)c2n[nH]c(=O)c3ccccc23)cc1. The van der Waals surface area contributed by atoms with E-state index in [9.17, 15) is 9.59 Å². The second-order valence-corrected chi connectivity index (χ2v) is 5.86. The second-order valence-electron chi connectivity index (χ2n) is 4.98. The van der Waals surface area contributed by atoms with Gasteiger partial charge in [0.15, 0.2) is 5.69 Å². The second kappa shape index (κ2) is 6.66. The molecule has 2 aromatic carbocycles. The number of aromatic amines is 1. The molecule has 0 saturated heterocycles. The van der Waals surface area contributed by atoms with Gasteiger partial charge < -0.3 is 5.32 Å². The summed E-state index contributed by atoms with van der Waals surface area (Å²) in [5.41, 5.74) is 0.926. The van der Waals surface area contributed by atoms with Crippen molar-refractivity contribution in [1.29, 1.82) is 0 Å². The van der Waals surface area contributed by atoms with Crippen LogP contribution in [0, 0.1) is 0 Å². The number of benzene rings is 2. The zero-order valence-corrected chi connectivity index (χ0v) is 13.3. The number of thioether (sulfide) groups is 1. The Balaban J connectivity index is 1.81. The van der Waals surface area contributed by atoms with Crippen LogP contribution in [0.15, 0.2) is 58.2 Å². The lowest BCUT2D eigenvalue weighted by Crippen LogP contribution is -2.26. The predicted octanol–water partition coefficient (Wildman–Crippen LogP) is 2.58. The molecular weight excluding hydrogens is 310 g/mol. The van der Waals surface area contributed by atoms with Gasteiger partial charge in [0, 0.05) is 16.8 Å². The zero-order chi connectivity index (χ0) is 16.2. The van der Waals surface area contributed by atoms with Gasteiger partial charge in [-0.3, -0.25) is 9.59 Å². The van der Waals surface area contributed by atoms with Gasteiger partial charge in [0.2, 0.25) is 0 Å². The number of aromatic nitrogens is 2. The summed E-state index contributed by atoms with van der Waals surface area (Å²) in [6, 6.07) is 14.9. The number of carbonyl (C=O) groups is 1. The van der Waals surface area contributed by atoms with Crippen molar-refractivity contribution in [2.45, 2.75) is 11.4 Å². The van der Waals surface area contributed by atoms with Crippen LogP contribution in [0.1, 0.15) is 16.1 Å². The van der Waals surface area contributed by atoms with Gasteiger partial charge in [-0.25, -0.2) is 5.10 Å². The summed E-state index contributed by atoms with van der Waals surface area (Å²) >= 11 is 1.67. The van der Waals surface area contributed by atoms with Crippen LogP contribution < -0.4 is 10.9 Å². The van der Waals surface area contributed by atoms with Crippen molar-refractivity contribution in [2.75, 3.05) is 6.26 Å². The van der Waals surface area contributed by atoms with Crippen molar-refractivity contribution in [3.05, 3.63) is 70.1 Å². The van der Waals surface area contributed by atoms with E-state index in [1.807, 2.05) is 30.5 Å². The first kappa shape index (κ1) is 15.3. The first-order chi connectivity index (χ1) is 11.2. The van der Waals surface area contributed by atoms with Gasteiger partial charge in [-0.2, -0.15) is 5.10 Å². The van der Waals surface area contributed by atoms with Crippen LogP contribution in [0.5, 0.6) is 0 Å². The number of nitrogens with zero attached hydrogens (tertiary/aromatic N) is 1. The number of amides is 1. The molecule has 6 heteroatoms. The number of hydrogen-bond acceptors (Lipinski definition) is 4. The van der Waals surface area contributed by atoms with Crippen LogP contribution in [0.25, 0.3) is 10.8 Å². The normalized spacial score (nSPS) is 10.7. The molecule has 3 aromatic rings. The molecule has 1 aromatic heterocycles. The quantitative estimate of drug-likeness (QED) is 0.723. The number of H-pyrrole nitrogens is 1. The van der Waals surface area contributed by atoms with Crippen LogP contribution in [-0.4, -0.2) is 22.4 Å². The van der Waals surface area contributed by atoms with Gasteiger partial charge in [-0.15, -0.1) is 11.8 Å². The number of hydrogen-bond donors (Lipinski definition) is 2. The average molecular weight is 325 g/mol. The fraction of sp³-hybridized carbons (Fsp3) is 0.118. The maximum absolute atomic E-state index is 12.4. The highest BCUT2D eigenvalue weighted by molar-refractivity contribution is 7.98. The summed E-state index contributed by atoms with van der Waals surface area (Å²) in [5.74, 6) is -0.314. The molecule has 0 radical (unpaired) electrons. The standard InChI is InChI=1S/C17H15N3O2S/c1-23-12-8-6-11(7-9-12)10-18-17(22)15-13-4-2-3-5-14(13)16(21)20-19-15/h2-9H,10H2,1H3,(H,18,22)(H,20,21). The third-order valence-electron chi connectivity index (χ3n) is 3.52. The summed E-state index contributed by atoms with van der Waals surface area (Å²) in [5, 5.41) is 10.1. The van der Waals surface area contributed by atoms with E-state index in [1.54, 1.807) is 36.0 Å². The van der Waals surface area contributed by atoms with Crippen molar-refractivity contribution in [2.24, 2.45) is 0 Å². The molecule has 5 nitrogen and oxygen atoms in total. The molecule has 0 bridgehead atoms. The van der Waals surface area contributed by atoms with Crippen LogP contribution in [-0.2, 0) is 6.54 Å². The fourth-order valence-corrected chi connectivity index (χ4v) is 2.71. The van der Waals surface area contributed by atoms with Crippen molar-refractivity contribution in [3.8, 4) is 0 Å². The minimum atomic E-state index is -0.314. The smallest absolute Gasteiger partial charge is 0.272 e. The Hall–Kier alpha value is -2.60. The van der Waals surface area contributed by atoms with Crippen LogP contribution in [0.3, 0.4) is 0 Å². The lowest BCUT2D eigenvalue weighted by molar-refractivity contribution is 0.0946. The van der Waals surface area contributed by atoms with Gasteiger partial charge in [0.25, 0.3) is 11.5 Å². The number of carbonyl (C=O) groups excluding carboxylic acids is 1. The molecule has 3 rings (SSSR count). The molecule has 0 unspecified atom stereocenters. The Morgan fingerprint density at radius 3 is 2.52 bits per heavy atom. The Labute approximate surface area is 137 Å². The van der Waals surface area contributed by atoms with E-state index in [4.69, 9.17) is 0 Å². The van der Waals surface area contributed by atoms with Gasteiger partial charge >= 0.3 is 0 Å². The molecule has 2 N–H and O–H groups in total. The molecule has 0 aliphatic carbocycles. The zero-order valence-electron chi connectivity index (χ0n) is 12.5. The molecule has 0 fully saturated rings. The maximum Gasteiger partial charge on any atom is 0.272 e. The predicted molar refractivity (Wildman–Crippen MR) is 91.8 cm³/mol. The number of fused-ring (bicyclic) bond motifs is 1. The van der Waals surface area contributed by atoms with Crippen LogP contribution in [0.4, 0.5) is 0 Å². The van der Waals surface area contributed by atoms with E-state index >= 15 is 0 Å². The largest absolute Gasteiger partial charge is 0.347 e. The summed E-state index contributed by atoms with van der Waals surface area (Å²) < 4.78 is 0. The summed E-state index contributed by atoms with van der Waals surface area (Å²) in [7, 11) is 0. The van der Waals surface area contributed by atoms with E-state index < -0.39 is 0 Å². The molecular formula is C17H15N3O2S. The van der Waals surface area contributed by atoms with Gasteiger partial charge in [0.05, 0.1) is 5.39 Å². The van der Waals surface area contributed by atoms with E-state index in [0.717, 1.165) is 5.56 Å². The number of rotatable bonds is 4. The van der Waals surface area contributed by atoms with E-state index in [1.165, 1.54) is 4.90 Å².